The molecule has 33 heavy (non-hydrogen) atoms. The molecule has 0 aromatic heterocycles. The van der Waals surface area contributed by atoms with Crippen molar-refractivity contribution in [1.29, 1.82) is 0 Å². The van der Waals surface area contributed by atoms with Crippen LogP contribution in [0.2, 0.25) is 0 Å². The van der Waals surface area contributed by atoms with E-state index in [9.17, 15) is 4.79 Å². The maximum absolute atomic E-state index is 12.3. The maximum atomic E-state index is 12.3. The number of guanidine groups is 1. The molecule has 10 heteroatoms. The van der Waals surface area contributed by atoms with Crippen LogP contribution in [0.15, 0.2) is 41.4 Å². The number of anilines is 2. The molecule has 9 nitrogen and oxygen atoms in total. The quantitative estimate of drug-likeness (QED) is 0.206. The number of rotatable bonds is 9. The number of methoxy groups -OCH3 is 3. The fraction of sp³-hybridized carbons (Fsp3) is 0.391. The number of nitrogens with one attached hydrogen (secondary N) is 2. The number of ether oxygens (including phenoxy) is 4. The van der Waals surface area contributed by atoms with Crippen molar-refractivity contribution in [2.45, 2.75) is 13.3 Å². The fourth-order valence-electron chi connectivity index (χ4n) is 3.42. The van der Waals surface area contributed by atoms with Crippen molar-refractivity contribution < 1.29 is 23.7 Å². The molecule has 3 rings (SSSR count). The second kappa shape index (κ2) is 13.0. The first-order chi connectivity index (χ1) is 15.6. The van der Waals surface area contributed by atoms with E-state index in [4.69, 9.17) is 18.9 Å². The van der Waals surface area contributed by atoms with Gasteiger partial charge in [-0.2, -0.15) is 0 Å². The van der Waals surface area contributed by atoms with Gasteiger partial charge < -0.3 is 34.5 Å². The highest BCUT2D eigenvalue weighted by atomic mass is 127. The number of carbonyl (C=O) groups is 1. The van der Waals surface area contributed by atoms with Gasteiger partial charge in [-0.15, -0.1) is 24.0 Å². The molecule has 0 bridgehead atoms. The van der Waals surface area contributed by atoms with Crippen molar-refractivity contribution in [3.8, 4) is 23.0 Å². The van der Waals surface area contributed by atoms with Crippen LogP contribution in [0.3, 0.4) is 0 Å². The Kier molecular flexibility index (Phi) is 10.4. The third kappa shape index (κ3) is 6.56. The summed E-state index contributed by atoms with van der Waals surface area (Å²) >= 11 is 0. The molecule has 0 spiro atoms. The van der Waals surface area contributed by atoms with Crippen LogP contribution in [0, 0.1) is 0 Å². The second-order valence-electron chi connectivity index (χ2n) is 6.96. The molecule has 0 fully saturated rings. The Morgan fingerprint density at radius 1 is 1.12 bits per heavy atom. The molecule has 0 saturated heterocycles. The van der Waals surface area contributed by atoms with Crippen LogP contribution in [0.5, 0.6) is 23.0 Å². The predicted molar refractivity (Wildman–Crippen MR) is 140 cm³/mol. The molecule has 2 aromatic rings. The zero-order valence-corrected chi connectivity index (χ0v) is 21.7. The molecule has 0 radical (unpaired) electrons. The Bertz CT molecular complexity index is 945. The predicted octanol–water partition coefficient (Wildman–Crippen LogP) is 3.52. The Morgan fingerprint density at radius 3 is 2.45 bits per heavy atom. The van der Waals surface area contributed by atoms with Gasteiger partial charge in [0.2, 0.25) is 5.75 Å². The first kappa shape index (κ1) is 26.4. The summed E-state index contributed by atoms with van der Waals surface area (Å²) in [4.78, 5) is 18.7. The molecule has 0 atom stereocenters. The lowest BCUT2D eigenvalue weighted by Crippen LogP contribution is -2.39. The first-order valence-corrected chi connectivity index (χ1v) is 10.5. The molecular weight excluding hydrogens is 539 g/mol. The van der Waals surface area contributed by atoms with E-state index < -0.39 is 0 Å². The third-order valence-corrected chi connectivity index (χ3v) is 4.89. The number of hydrogen-bond acceptors (Lipinski definition) is 6. The van der Waals surface area contributed by atoms with Gasteiger partial charge in [0.1, 0.15) is 5.75 Å². The van der Waals surface area contributed by atoms with Gasteiger partial charge in [-0.3, -0.25) is 9.79 Å². The molecule has 0 aliphatic carbocycles. The SMILES string of the molecule is CCNC(=NCCCN1C(=O)COc2ccccc21)Nc1cc(OC)c(OC)c(OC)c1.I. The molecule has 180 valence electrons. The summed E-state index contributed by atoms with van der Waals surface area (Å²) in [6.07, 6.45) is 0.700. The lowest BCUT2D eigenvalue weighted by atomic mass is 10.2. The zero-order chi connectivity index (χ0) is 22.9. The van der Waals surface area contributed by atoms with Gasteiger partial charge in [0.15, 0.2) is 24.1 Å². The van der Waals surface area contributed by atoms with Gasteiger partial charge in [-0.05, 0) is 25.5 Å². The van der Waals surface area contributed by atoms with Gasteiger partial charge in [-0.1, -0.05) is 12.1 Å². The summed E-state index contributed by atoms with van der Waals surface area (Å²) in [6, 6.07) is 11.2. The summed E-state index contributed by atoms with van der Waals surface area (Å²) in [6.45, 7) is 3.85. The minimum absolute atomic E-state index is 0. The van der Waals surface area contributed by atoms with Crippen LogP contribution >= 0.6 is 24.0 Å². The third-order valence-electron chi connectivity index (χ3n) is 4.89. The van der Waals surface area contributed by atoms with E-state index in [0.717, 1.165) is 17.1 Å². The summed E-state index contributed by atoms with van der Waals surface area (Å²) < 4.78 is 21.7. The summed E-state index contributed by atoms with van der Waals surface area (Å²) in [5.74, 6) is 2.93. The van der Waals surface area contributed by atoms with Crippen LogP contribution in [-0.4, -0.2) is 59.4 Å². The number of benzene rings is 2. The molecular formula is C23H31IN4O5. The summed E-state index contributed by atoms with van der Waals surface area (Å²) in [5, 5.41) is 6.49. The minimum atomic E-state index is -0.0462. The van der Waals surface area contributed by atoms with E-state index in [2.05, 4.69) is 15.6 Å². The van der Waals surface area contributed by atoms with Crippen molar-refractivity contribution in [3.05, 3.63) is 36.4 Å². The van der Waals surface area contributed by atoms with Crippen molar-refractivity contribution >= 4 is 47.2 Å². The van der Waals surface area contributed by atoms with Gasteiger partial charge in [0.05, 0.1) is 27.0 Å². The van der Waals surface area contributed by atoms with Crippen molar-refractivity contribution in [3.63, 3.8) is 0 Å². The van der Waals surface area contributed by atoms with Crippen LogP contribution in [0.4, 0.5) is 11.4 Å². The highest BCUT2D eigenvalue weighted by Crippen LogP contribution is 2.39. The summed E-state index contributed by atoms with van der Waals surface area (Å²) in [5.41, 5.74) is 1.55. The second-order valence-corrected chi connectivity index (χ2v) is 6.96. The molecule has 2 aromatic carbocycles. The van der Waals surface area contributed by atoms with Gasteiger partial charge >= 0.3 is 0 Å². The number of aliphatic imine (C=N–C) groups is 1. The number of hydrogen-bond donors (Lipinski definition) is 2. The monoisotopic (exact) mass is 570 g/mol. The number of amides is 1. The van der Waals surface area contributed by atoms with E-state index in [0.29, 0.717) is 49.3 Å². The van der Waals surface area contributed by atoms with Crippen molar-refractivity contribution in [2.24, 2.45) is 4.99 Å². The average Bonchev–Trinajstić information content (AvgIpc) is 2.82. The Balaban J connectivity index is 0.00000385. The van der Waals surface area contributed by atoms with Crippen LogP contribution in [0.1, 0.15) is 13.3 Å². The zero-order valence-electron chi connectivity index (χ0n) is 19.3. The lowest BCUT2D eigenvalue weighted by Gasteiger charge is -2.29. The normalized spacial score (nSPS) is 12.8. The Labute approximate surface area is 211 Å². The first-order valence-electron chi connectivity index (χ1n) is 10.5. The highest BCUT2D eigenvalue weighted by Gasteiger charge is 2.24. The van der Waals surface area contributed by atoms with Gasteiger partial charge in [0.25, 0.3) is 5.91 Å². The standard InChI is InChI=1S/C23H30N4O5.HI/c1-5-24-23(26-16-13-19(29-2)22(31-4)20(14-16)30-3)25-11-8-12-27-17-9-6-7-10-18(17)32-15-21(27)28;/h6-7,9-10,13-14H,5,8,11-12,15H2,1-4H3,(H2,24,25,26);1H. The number of fused-ring (bicyclic) bond motifs is 1. The number of nitrogens with zero attached hydrogens (tertiary/aromatic N) is 2. The number of halogens is 1. The summed E-state index contributed by atoms with van der Waals surface area (Å²) in [7, 11) is 4.72. The fourth-order valence-corrected chi connectivity index (χ4v) is 3.42. The molecule has 2 N–H and O–H groups in total. The number of carbonyl (C=O) groups excluding carboxylic acids is 1. The number of para-hydroxylation sites is 2. The van der Waals surface area contributed by atoms with Crippen LogP contribution < -0.4 is 34.5 Å². The molecule has 0 unspecified atom stereocenters. The van der Waals surface area contributed by atoms with E-state index in [-0.39, 0.29) is 36.5 Å². The van der Waals surface area contributed by atoms with Gasteiger partial charge in [0, 0.05) is 37.5 Å². The lowest BCUT2D eigenvalue weighted by molar-refractivity contribution is -0.121. The van der Waals surface area contributed by atoms with E-state index in [1.165, 1.54) is 0 Å². The average molecular weight is 570 g/mol. The van der Waals surface area contributed by atoms with E-state index >= 15 is 0 Å². The molecule has 1 aliphatic rings. The Morgan fingerprint density at radius 2 is 1.82 bits per heavy atom. The van der Waals surface area contributed by atoms with Crippen molar-refractivity contribution in [2.75, 3.05) is 57.8 Å². The topological polar surface area (TPSA) is 93.7 Å². The minimum Gasteiger partial charge on any atom is -0.493 e. The maximum Gasteiger partial charge on any atom is 0.265 e. The van der Waals surface area contributed by atoms with Gasteiger partial charge in [-0.25, -0.2) is 0 Å². The largest absolute Gasteiger partial charge is 0.493 e. The van der Waals surface area contributed by atoms with Crippen molar-refractivity contribution in [1.82, 2.24) is 5.32 Å². The van der Waals surface area contributed by atoms with E-state index in [1.807, 2.05) is 43.3 Å². The highest BCUT2D eigenvalue weighted by molar-refractivity contribution is 14.0. The van der Waals surface area contributed by atoms with E-state index in [1.54, 1.807) is 26.2 Å². The van der Waals surface area contributed by atoms with Crippen LogP contribution in [0.25, 0.3) is 0 Å². The molecule has 1 heterocycles. The smallest absolute Gasteiger partial charge is 0.265 e. The molecule has 1 aliphatic heterocycles. The molecule has 1 amide bonds. The molecule has 0 saturated carbocycles. The Hall–Kier alpha value is -2.89. The van der Waals surface area contributed by atoms with Crippen LogP contribution in [-0.2, 0) is 4.79 Å².